The molecule has 9 heteroatoms. The fourth-order valence-electron chi connectivity index (χ4n) is 1.08. The Morgan fingerprint density at radius 2 is 1.53 bits per heavy atom. The summed E-state index contributed by atoms with van der Waals surface area (Å²) >= 11 is 0. The third-order valence-electron chi connectivity index (χ3n) is 1.91. The number of nitrogens with two attached hydrogens (primary N) is 1. The first-order chi connectivity index (χ1) is 7.77. The molecule has 0 aromatic carbocycles. The summed E-state index contributed by atoms with van der Waals surface area (Å²) < 4.78 is 48.8. The fourth-order valence-corrected chi connectivity index (χ4v) is 2.78. The Morgan fingerprint density at radius 3 is 2.06 bits per heavy atom. The van der Waals surface area contributed by atoms with Crippen molar-refractivity contribution in [1.82, 2.24) is 9.44 Å². The molecule has 0 spiro atoms. The van der Waals surface area contributed by atoms with Crippen LogP contribution in [0.2, 0.25) is 0 Å². The monoisotopic (exact) mass is 287 g/mol. The van der Waals surface area contributed by atoms with E-state index in [9.17, 15) is 16.8 Å². The highest BCUT2D eigenvalue weighted by molar-refractivity contribution is 7.89. The molecule has 104 valence electrons. The second kappa shape index (κ2) is 7.98. The van der Waals surface area contributed by atoms with Crippen molar-refractivity contribution >= 4 is 20.0 Å². The predicted molar refractivity (Wildman–Crippen MR) is 67.5 cm³/mol. The minimum atomic E-state index is -3.25. The van der Waals surface area contributed by atoms with Crippen molar-refractivity contribution in [2.75, 3.05) is 31.6 Å². The molecular formula is C8H21N3O4S2. The zero-order chi connectivity index (χ0) is 13.4. The molecule has 0 atom stereocenters. The first-order valence-electron chi connectivity index (χ1n) is 5.39. The Hall–Kier alpha value is -0.220. The van der Waals surface area contributed by atoms with Gasteiger partial charge in [-0.3, -0.25) is 0 Å². The summed E-state index contributed by atoms with van der Waals surface area (Å²) in [6.45, 7) is 0.936. The van der Waals surface area contributed by atoms with Crippen LogP contribution in [-0.2, 0) is 20.0 Å². The Balaban J connectivity index is 3.66. The van der Waals surface area contributed by atoms with Crippen LogP contribution in [0, 0.1) is 0 Å². The molecule has 0 aliphatic carbocycles. The van der Waals surface area contributed by atoms with Gasteiger partial charge >= 0.3 is 0 Å². The lowest BCUT2D eigenvalue weighted by Crippen LogP contribution is -2.30. The number of hydrogen-bond donors (Lipinski definition) is 3. The molecule has 0 unspecified atom stereocenters. The van der Waals surface area contributed by atoms with Gasteiger partial charge in [0, 0.05) is 13.1 Å². The maximum absolute atomic E-state index is 11.4. The molecule has 0 heterocycles. The minimum Gasteiger partial charge on any atom is -0.330 e. The summed E-state index contributed by atoms with van der Waals surface area (Å²) in [7, 11) is -6.45. The Kier molecular flexibility index (Phi) is 7.88. The van der Waals surface area contributed by atoms with Crippen LogP contribution >= 0.6 is 0 Å². The van der Waals surface area contributed by atoms with Crippen molar-refractivity contribution in [3.63, 3.8) is 0 Å². The van der Waals surface area contributed by atoms with Crippen molar-refractivity contribution in [1.29, 1.82) is 0 Å². The van der Waals surface area contributed by atoms with Gasteiger partial charge in [-0.15, -0.1) is 0 Å². The second-order valence-electron chi connectivity index (χ2n) is 3.73. The molecule has 0 fully saturated rings. The van der Waals surface area contributed by atoms with Gasteiger partial charge in [-0.1, -0.05) is 0 Å². The Morgan fingerprint density at radius 1 is 0.941 bits per heavy atom. The van der Waals surface area contributed by atoms with Crippen LogP contribution in [-0.4, -0.2) is 48.5 Å². The molecule has 0 aromatic rings. The van der Waals surface area contributed by atoms with Crippen LogP contribution in [0.4, 0.5) is 0 Å². The zero-order valence-electron chi connectivity index (χ0n) is 9.98. The van der Waals surface area contributed by atoms with E-state index in [4.69, 9.17) is 5.73 Å². The number of unbranched alkanes of at least 4 members (excludes halogenated alkanes) is 1. The van der Waals surface area contributed by atoms with Crippen LogP contribution in [0.25, 0.3) is 0 Å². The second-order valence-corrected chi connectivity index (χ2v) is 7.49. The smallest absolute Gasteiger partial charge is 0.211 e. The van der Waals surface area contributed by atoms with E-state index in [-0.39, 0.29) is 18.8 Å². The van der Waals surface area contributed by atoms with Crippen molar-refractivity contribution in [3.8, 4) is 0 Å². The Labute approximate surface area is 103 Å². The van der Waals surface area contributed by atoms with E-state index in [1.165, 1.54) is 0 Å². The molecule has 7 nitrogen and oxygen atoms in total. The van der Waals surface area contributed by atoms with E-state index in [2.05, 4.69) is 9.44 Å². The average Bonchev–Trinajstić information content (AvgIpc) is 2.15. The van der Waals surface area contributed by atoms with Crippen LogP contribution < -0.4 is 15.2 Å². The maximum atomic E-state index is 11.4. The van der Waals surface area contributed by atoms with Gasteiger partial charge < -0.3 is 5.73 Å². The third kappa shape index (κ3) is 12.0. The fraction of sp³-hybridized carbons (Fsp3) is 1.00. The van der Waals surface area contributed by atoms with Gasteiger partial charge in [-0.2, -0.15) is 0 Å². The summed E-state index contributed by atoms with van der Waals surface area (Å²) in [6.07, 6.45) is 2.69. The largest absolute Gasteiger partial charge is 0.330 e. The molecular weight excluding hydrogens is 266 g/mol. The van der Waals surface area contributed by atoms with Crippen LogP contribution in [0.15, 0.2) is 0 Å². The highest BCUT2D eigenvalue weighted by Gasteiger charge is 2.08. The van der Waals surface area contributed by atoms with Crippen LogP contribution in [0.1, 0.15) is 19.3 Å². The van der Waals surface area contributed by atoms with Gasteiger partial charge in [0.05, 0.1) is 12.0 Å². The summed E-state index contributed by atoms with van der Waals surface area (Å²) in [5.74, 6) is 0.0592. The first kappa shape index (κ1) is 16.8. The Bertz CT molecular complexity index is 391. The molecule has 0 aliphatic rings. The summed E-state index contributed by atoms with van der Waals surface area (Å²) in [4.78, 5) is 0. The van der Waals surface area contributed by atoms with E-state index in [0.717, 1.165) is 6.26 Å². The molecule has 0 saturated carbocycles. The topological polar surface area (TPSA) is 118 Å². The van der Waals surface area contributed by atoms with Crippen molar-refractivity contribution < 1.29 is 16.8 Å². The first-order valence-corrected chi connectivity index (χ1v) is 8.93. The zero-order valence-corrected chi connectivity index (χ0v) is 11.6. The summed E-state index contributed by atoms with van der Waals surface area (Å²) in [5, 5.41) is 0. The lowest BCUT2D eigenvalue weighted by Gasteiger charge is -2.06. The number of sulfonamides is 2. The van der Waals surface area contributed by atoms with Gasteiger partial charge in [-0.05, 0) is 25.8 Å². The van der Waals surface area contributed by atoms with E-state index in [1.807, 2.05) is 0 Å². The molecule has 17 heavy (non-hydrogen) atoms. The maximum Gasteiger partial charge on any atom is 0.211 e. The number of hydrogen-bond acceptors (Lipinski definition) is 5. The lowest BCUT2D eigenvalue weighted by atomic mass is 10.3. The average molecular weight is 287 g/mol. The van der Waals surface area contributed by atoms with Gasteiger partial charge in [-0.25, -0.2) is 26.3 Å². The molecule has 0 aromatic heterocycles. The highest BCUT2D eigenvalue weighted by Crippen LogP contribution is 1.93. The van der Waals surface area contributed by atoms with E-state index >= 15 is 0 Å². The molecule has 0 radical (unpaired) electrons. The number of rotatable bonds is 10. The lowest BCUT2D eigenvalue weighted by molar-refractivity contribution is 0.572. The summed E-state index contributed by atoms with van der Waals surface area (Å²) in [5.41, 5.74) is 5.26. The van der Waals surface area contributed by atoms with Gasteiger partial charge in [0.15, 0.2) is 0 Å². The quantitative estimate of drug-likeness (QED) is 0.426. The highest BCUT2D eigenvalue weighted by atomic mass is 32.2. The number of nitrogens with one attached hydrogen (secondary N) is 2. The minimum absolute atomic E-state index is 0.0592. The molecule has 0 bridgehead atoms. The molecule has 0 saturated heterocycles. The molecule has 0 aliphatic heterocycles. The van der Waals surface area contributed by atoms with E-state index in [0.29, 0.717) is 25.8 Å². The van der Waals surface area contributed by atoms with E-state index < -0.39 is 20.0 Å². The molecule has 0 amide bonds. The van der Waals surface area contributed by atoms with E-state index in [1.54, 1.807) is 0 Å². The third-order valence-corrected chi connectivity index (χ3v) is 4.11. The van der Waals surface area contributed by atoms with Crippen molar-refractivity contribution in [2.24, 2.45) is 5.73 Å². The summed E-state index contributed by atoms with van der Waals surface area (Å²) in [6, 6.07) is 0. The van der Waals surface area contributed by atoms with Gasteiger partial charge in [0.2, 0.25) is 20.0 Å². The van der Waals surface area contributed by atoms with Crippen LogP contribution in [0.3, 0.4) is 0 Å². The van der Waals surface area contributed by atoms with Gasteiger partial charge in [0.1, 0.15) is 0 Å². The SMILES string of the molecule is CS(=O)(=O)NCCCNS(=O)(=O)CCCCN. The molecule has 4 N–H and O–H groups in total. The van der Waals surface area contributed by atoms with Crippen molar-refractivity contribution in [2.45, 2.75) is 19.3 Å². The predicted octanol–water partition coefficient (Wildman–Crippen LogP) is -1.42. The van der Waals surface area contributed by atoms with Crippen LogP contribution in [0.5, 0.6) is 0 Å². The van der Waals surface area contributed by atoms with Gasteiger partial charge in [0.25, 0.3) is 0 Å². The normalized spacial score (nSPS) is 12.8. The molecule has 0 rings (SSSR count). The van der Waals surface area contributed by atoms with Crippen molar-refractivity contribution in [3.05, 3.63) is 0 Å². The standard InChI is InChI=1S/C8H21N3O4S2/c1-16(12,13)10-6-4-7-11-17(14,15)8-3-2-5-9/h10-11H,2-9H2,1H3.